The van der Waals surface area contributed by atoms with Crippen LogP contribution in [0.3, 0.4) is 0 Å². The van der Waals surface area contributed by atoms with Gasteiger partial charge >= 0.3 is 11.1 Å². The average molecular weight is 418 g/mol. The van der Waals surface area contributed by atoms with E-state index in [9.17, 15) is 9.59 Å². The molecule has 1 aliphatic heterocycles. The van der Waals surface area contributed by atoms with Crippen LogP contribution in [0.4, 0.5) is 0 Å². The number of rotatable bonds is 3. The Morgan fingerprint density at radius 1 is 0.929 bits per heavy atom. The summed E-state index contributed by atoms with van der Waals surface area (Å²) in [7, 11) is 1.62. The molecule has 7 heteroatoms. The molecule has 0 unspecified atom stereocenters. The lowest BCUT2D eigenvalue weighted by Crippen LogP contribution is -2.44. The Balaban J connectivity index is 1.61. The lowest BCUT2D eigenvalue weighted by atomic mass is 10.0. The number of hydrogen-bond acceptors (Lipinski definition) is 3. The lowest BCUT2D eigenvalue weighted by Gasteiger charge is -2.33. The molecule has 2 aromatic carbocycles. The smallest absolute Gasteiger partial charge is 0.305 e. The number of nitrogens with zero attached hydrogens (tertiary/aromatic N) is 3. The lowest BCUT2D eigenvalue weighted by molar-refractivity contribution is 0.179. The Kier molecular flexibility index (Phi) is 5.32. The Bertz CT molecular complexity index is 1140. The first-order chi connectivity index (χ1) is 13.4. The molecule has 0 aliphatic carbocycles. The molecule has 0 atom stereocenters. The minimum Gasteiger partial charge on any atom is -0.305 e. The van der Waals surface area contributed by atoms with Gasteiger partial charge in [0.1, 0.15) is 0 Å². The number of piperidine rings is 1. The Morgan fingerprint density at radius 3 is 2.36 bits per heavy atom. The van der Waals surface area contributed by atoms with Crippen molar-refractivity contribution < 1.29 is 0 Å². The van der Waals surface area contributed by atoms with E-state index in [-0.39, 0.29) is 6.04 Å². The molecule has 1 aromatic heterocycles. The molecule has 5 nitrogen and oxygen atoms in total. The number of benzene rings is 2. The molecule has 0 amide bonds. The Hall–Kier alpha value is -2.08. The van der Waals surface area contributed by atoms with Gasteiger partial charge in [0.2, 0.25) is 0 Å². The first-order valence-corrected chi connectivity index (χ1v) is 10.1. The van der Waals surface area contributed by atoms with Crippen molar-refractivity contribution in [3.05, 3.63) is 78.8 Å². The number of fused-ring (bicyclic) bond motifs is 1. The van der Waals surface area contributed by atoms with Gasteiger partial charge in [-0.05, 0) is 48.7 Å². The van der Waals surface area contributed by atoms with E-state index in [1.807, 2.05) is 18.2 Å². The monoisotopic (exact) mass is 417 g/mol. The van der Waals surface area contributed by atoms with Crippen LogP contribution in [-0.4, -0.2) is 27.1 Å². The van der Waals surface area contributed by atoms with Crippen LogP contribution in [0.25, 0.3) is 11.0 Å². The maximum atomic E-state index is 12.8. The second-order valence-corrected chi connectivity index (χ2v) is 8.18. The van der Waals surface area contributed by atoms with E-state index in [2.05, 4.69) is 11.0 Å². The van der Waals surface area contributed by atoms with Crippen LogP contribution >= 0.6 is 23.2 Å². The highest BCUT2D eigenvalue weighted by Crippen LogP contribution is 2.27. The summed E-state index contributed by atoms with van der Waals surface area (Å²) < 4.78 is 3.05. The van der Waals surface area contributed by atoms with Crippen LogP contribution < -0.4 is 11.1 Å². The third-order valence-corrected chi connectivity index (χ3v) is 5.95. The number of likely N-dealkylation sites (tertiary alicyclic amines) is 1. The Labute approximate surface area is 172 Å². The van der Waals surface area contributed by atoms with E-state index >= 15 is 0 Å². The van der Waals surface area contributed by atoms with E-state index < -0.39 is 11.1 Å². The second kappa shape index (κ2) is 7.74. The maximum Gasteiger partial charge on any atom is 0.317 e. The predicted molar refractivity (Wildman–Crippen MR) is 113 cm³/mol. The van der Waals surface area contributed by atoms with Crippen LogP contribution in [0.2, 0.25) is 10.0 Å². The molecule has 1 aliphatic rings. The average Bonchev–Trinajstić information content (AvgIpc) is 2.68. The van der Waals surface area contributed by atoms with Crippen LogP contribution in [-0.2, 0) is 13.6 Å². The third kappa shape index (κ3) is 3.62. The first kappa shape index (κ1) is 19.2. The summed E-state index contributed by atoms with van der Waals surface area (Å²) in [4.78, 5) is 27.6. The minimum absolute atomic E-state index is 0.0158. The molecule has 28 heavy (non-hydrogen) atoms. The molecule has 0 saturated carbocycles. The summed E-state index contributed by atoms with van der Waals surface area (Å²) in [6.45, 7) is 2.52. The van der Waals surface area contributed by atoms with E-state index in [1.54, 1.807) is 29.8 Å². The van der Waals surface area contributed by atoms with Crippen molar-refractivity contribution in [3.8, 4) is 0 Å². The highest BCUT2D eigenvalue weighted by atomic mass is 35.5. The summed E-state index contributed by atoms with van der Waals surface area (Å²) in [6, 6.07) is 13.2. The van der Waals surface area contributed by atoms with Crippen molar-refractivity contribution in [3.63, 3.8) is 0 Å². The quantitative estimate of drug-likeness (QED) is 0.608. The van der Waals surface area contributed by atoms with Crippen molar-refractivity contribution in [1.82, 2.24) is 14.0 Å². The van der Waals surface area contributed by atoms with Crippen LogP contribution in [0.15, 0.2) is 52.1 Å². The summed E-state index contributed by atoms with van der Waals surface area (Å²) >= 11 is 12.3. The predicted octanol–water partition coefficient (Wildman–Crippen LogP) is 3.84. The van der Waals surface area contributed by atoms with Crippen molar-refractivity contribution >= 4 is 34.2 Å². The fraction of sp³-hybridized carbons (Fsp3) is 0.333. The van der Waals surface area contributed by atoms with Gasteiger partial charge in [-0.25, -0.2) is 0 Å². The van der Waals surface area contributed by atoms with Crippen molar-refractivity contribution in [2.24, 2.45) is 7.05 Å². The van der Waals surface area contributed by atoms with Crippen molar-refractivity contribution in [2.75, 3.05) is 13.1 Å². The molecular formula is C21H21Cl2N3O2. The molecule has 0 radical (unpaired) electrons. The minimum atomic E-state index is -0.504. The zero-order valence-corrected chi connectivity index (χ0v) is 17.1. The highest BCUT2D eigenvalue weighted by Gasteiger charge is 2.24. The van der Waals surface area contributed by atoms with Gasteiger partial charge in [-0.1, -0.05) is 35.3 Å². The van der Waals surface area contributed by atoms with Gasteiger partial charge in [-0.2, -0.15) is 0 Å². The van der Waals surface area contributed by atoms with Gasteiger partial charge in [0.15, 0.2) is 0 Å². The molecule has 2 heterocycles. The first-order valence-electron chi connectivity index (χ1n) is 9.31. The molecule has 0 bridgehead atoms. The molecule has 4 rings (SSSR count). The number of hydrogen-bond donors (Lipinski definition) is 0. The molecule has 1 fully saturated rings. The Morgan fingerprint density at radius 2 is 1.64 bits per heavy atom. The van der Waals surface area contributed by atoms with Crippen LogP contribution in [0.1, 0.15) is 24.4 Å². The number of halogens is 2. The second-order valence-electron chi connectivity index (χ2n) is 7.31. The topological polar surface area (TPSA) is 47.2 Å². The molecule has 146 valence electrons. The van der Waals surface area contributed by atoms with E-state index in [4.69, 9.17) is 23.2 Å². The fourth-order valence-electron chi connectivity index (χ4n) is 4.03. The van der Waals surface area contributed by atoms with E-state index in [0.717, 1.165) is 43.0 Å². The van der Waals surface area contributed by atoms with Crippen LogP contribution in [0, 0.1) is 0 Å². The standard InChI is InChI=1S/C21H21Cl2N3O2/c1-24-18-6-5-16(23)12-19(18)26(21(28)20(24)27)17-7-9-25(10-8-17)13-14-3-2-4-15(22)11-14/h2-6,11-12,17H,7-10,13H2,1H3. The molecule has 0 N–H and O–H groups in total. The summed E-state index contributed by atoms with van der Waals surface area (Å²) in [5, 5.41) is 1.29. The van der Waals surface area contributed by atoms with E-state index in [1.165, 1.54) is 10.1 Å². The highest BCUT2D eigenvalue weighted by molar-refractivity contribution is 6.31. The van der Waals surface area contributed by atoms with Crippen LogP contribution in [0.5, 0.6) is 0 Å². The maximum absolute atomic E-state index is 12.8. The summed E-state index contributed by atoms with van der Waals surface area (Å²) in [5.74, 6) is 0. The van der Waals surface area contributed by atoms with Gasteiger partial charge in [0, 0.05) is 42.8 Å². The largest absolute Gasteiger partial charge is 0.317 e. The van der Waals surface area contributed by atoms with Crippen molar-refractivity contribution in [2.45, 2.75) is 25.4 Å². The van der Waals surface area contributed by atoms with Crippen molar-refractivity contribution in [1.29, 1.82) is 0 Å². The van der Waals surface area contributed by atoms with E-state index in [0.29, 0.717) is 10.5 Å². The SMILES string of the molecule is Cn1c(=O)c(=O)n(C2CCN(Cc3cccc(Cl)c3)CC2)c2cc(Cl)ccc21. The van der Waals surface area contributed by atoms with Gasteiger partial charge < -0.3 is 4.57 Å². The number of aryl methyl sites for hydroxylation is 1. The van der Waals surface area contributed by atoms with Gasteiger partial charge in [-0.3, -0.25) is 19.1 Å². The normalized spacial score (nSPS) is 16.0. The zero-order chi connectivity index (χ0) is 19.8. The van der Waals surface area contributed by atoms with Gasteiger partial charge in [-0.15, -0.1) is 0 Å². The summed E-state index contributed by atoms with van der Waals surface area (Å²) in [5.41, 5.74) is 1.62. The molecule has 0 spiro atoms. The zero-order valence-electron chi connectivity index (χ0n) is 15.6. The third-order valence-electron chi connectivity index (χ3n) is 5.48. The van der Waals surface area contributed by atoms with Gasteiger partial charge in [0.05, 0.1) is 11.0 Å². The molecule has 3 aromatic rings. The summed E-state index contributed by atoms with van der Waals surface area (Å²) in [6.07, 6.45) is 1.60. The van der Waals surface area contributed by atoms with Gasteiger partial charge in [0.25, 0.3) is 0 Å². The molecular weight excluding hydrogens is 397 g/mol. The fourth-order valence-corrected chi connectivity index (χ4v) is 4.41. The molecule has 1 saturated heterocycles. The number of aromatic nitrogens is 2.